The van der Waals surface area contributed by atoms with Crippen LogP contribution in [-0.4, -0.2) is 15.0 Å². The highest BCUT2D eigenvalue weighted by molar-refractivity contribution is 7.25. The van der Waals surface area contributed by atoms with Gasteiger partial charge in [0.15, 0.2) is 17.5 Å². The molecule has 3 heterocycles. The van der Waals surface area contributed by atoms with Crippen LogP contribution in [0.15, 0.2) is 192 Å². The molecule has 0 fully saturated rings. The number of hydrogen-bond donors (Lipinski definition) is 0. The summed E-state index contributed by atoms with van der Waals surface area (Å²) < 4.78 is 9.49. The van der Waals surface area contributed by atoms with Crippen molar-refractivity contribution in [1.29, 1.82) is 0 Å². The Morgan fingerprint density at radius 3 is 1.36 bits per heavy atom. The summed E-state index contributed by atoms with van der Waals surface area (Å²) in [5, 5.41) is 4.58. The molecule has 11 rings (SSSR count). The Hall–Kier alpha value is -7.21. The van der Waals surface area contributed by atoms with Crippen molar-refractivity contribution >= 4 is 53.4 Å². The first-order chi connectivity index (χ1) is 27.7. The molecule has 0 unspecified atom stereocenters. The van der Waals surface area contributed by atoms with E-state index < -0.39 is 0 Å². The summed E-state index contributed by atoms with van der Waals surface area (Å²) in [5.41, 5.74) is 11.1. The van der Waals surface area contributed by atoms with Crippen LogP contribution in [-0.2, 0) is 0 Å². The van der Waals surface area contributed by atoms with Gasteiger partial charge < -0.3 is 4.42 Å². The van der Waals surface area contributed by atoms with Gasteiger partial charge in [0.25, 0.3) is 0 Å². The van der Waals surface area contributed by atoms with Crippen molar-refractivity contribution in [3.05, 3.63) is 188 Å². The summed E-state index contributed by atoms with van der Waals surface area (Å²) >= 11 is 1.83. The van der Waals surface area contributed by atoms with Gasteiger partial charge in [-0.3, -0.25) is 0 Å². The summed E-state index contributed by atoms with van der Waals surface area (Å²) in [6, 6.07) is 65.7. The fraction of sp³-hybridized carbons (Fsp3) is 0. The predicted molar refractivity (Wildman–Crippen MR) is 233 cm³/mol. The molecule has 262 valence electrons. The maximum atomic E-state index is 6.94. The van der Waals surface area contributed by atoms with Crippen LogP contribution in [0.3, 0.4) is 0 Å². The van der Waals surface area contributed by atoms with E-state index >= 15 is 0 Å². The monoisotopic (exact) mass is 733 g/mol. The minimum absolute atomic E-state index is 0.563. The van der Waals surface area contributed by atoms with Gasteiger partial charge in [-0.15, -0.1) is 11.3 Å². The van der Waals surface area contributed by atoms with Crippen molar-refractivity contribution in [1.82, 2.24) is 15.0 Å². The number of para-hydroxylation sites is 2. The zero-order valence-electron chi connectivity index (χ0n) is 30.1. The van der Waals surface area contributed by atoms with E-state index in [1.807, 2.05) is 53.8 Å². The first-order valence-electron chi connectivity index (χ1n) is 18.7. The zero-order chi connectivity index (χ0) is 37.0. The molecule has 0 saturated heterocycles. The van der Waals surface area contributed by atoms with Gasteiger partial charge in [0.1, 0.15) is 11.2 Å². The second-order valence-electron chi connectivity index (χ2n) is 14.0. The molecule has 0 aliphatic heterocycles. The minimum Gasteiger partial charge on any atom is -0.455 e. The zero-order valence-corrected chi connectivity index (χ0v) is 30.9. The van der Waals surface area contributed by atoms with E-state index in [-0.39, 0.29) is 0 Å². The fourth-order valence-corrected chi connectivity index (χ4v) is 8.83. The van der Waals surface area contributed by atoms with Crippen LogP contribution < -0.4 is 0 Å². The number of benzene rings is 8. The molecule has 0 saturated carbocycles. The maximum Gasteiger partial charge on any atom is 0.167 e. The molecule has 0 spiro atoms. The normalized spacial score (nSPS) is 11.6. The van der Waals surface area contributed by atoms with Gasteiger partial charge in [0.2, 0.25) is 0 Å². The first kappa shape index (κ1) is 32.2. The second kappa shape index (κ2) is 13.3. The highest BCUT2D eigenvalue weighted by Crippen LogP contribution is 2.43. The van der Waals surface area contributed by atoms with E-state index in [1.54, 1.807) is 0 Å². The lowest BCUT2D eigenvalue weighted by Crippen LogP contribution is -2.00. The topological polar surface area (TPSA) is 51.8 Å². The molecule has 0 bridgehead atoms. The molecule has 56 heavy (non-hydrogen) atoms. The predicted octanol–water partition coefficient (Wildman–Crippen LogP) is 14.1. The molecule has 11 aromatic rings. The number of nitrogens with zero attached hydrogens (tertiary/aromatic N) is 3. The highest BCUT2D eigenvalue weighted by Gasteiger charge is 2.20. The number of furan rings is 1. The van der Waals surface area contributed by atoms with Gasteiger partial charge in [-0.05, 0) is 58.1 Å². The van der Waals surface area contributed by atoms with Crippen LogP contribution in [0.4, 0.5) is 0 Å². The minimum atomic E-state index is 0.563. The molecule has 0 radical (unpaired) electrons. The Balaban J connectivity index is 1.05. The van der Waals surface area contributed by atoms with E-state index in [2.05, 4.69) is 146 Å². The standard InChI is InChI=1S/C51H31N3OS/c1-4-12-32(13-5-1)34-22-24-36(25-23-34)50-52-49(35-16-8-3-9-17-35)53-51(54-50)42-21-11-20-41-40-19-10-18-39(47(40)55-48(41)42)38-27-29-46-44(31-38)43-30-37(26-28-45(43)56-46)33-14-6-2-7-15-33/h1-31H. The third kappa shape index (κ3) is 5.56. The van der Waals surface area contributed by atoms with Gasteiger partial charge >= 0.3 is 0 Å². The second-order valence-corrected chi connectivity index (χ2v) is 15.1. The average Bonchev–Trinajstić information content (AvgIpc) is 3.85. The van der Waals surface area contributed by atoms with Crippen LogP contribution in [0.1, 0.15) is 0 Å². The van der Waals surface area contributed by atoms with Crippen molar-refractivity contribution in [2.24, 2.45) is 0 Å². The summed E-state index contributed by atoms with van der Waals surface area (Å²) in [7, 11) is 0. The quantitative estimate of drug-likeness (QED) is 0.171. The Morgan fingerprint density at radius 1 is 0.304 bits per heavy atom. The van der Waals surface area contributed by atoms with Crippen molar-refractivity contribution in [2.75, 3.05) is 0 Å². The third-order valence-electron chi connectivity index (χ3n) is 10.6. The van der Waals surface area contributed by atoms with Gasteiger partial charge in [-0.1, -0.05) is 158 Å². The number of rotatable bonds is 6. The SMILES string of the molecule is c1ccc(-c2ccc(-c3nc(-c4ccccc4)nc(-c4cccc5c4oc4c(-c6ccc7sc8ccc(-c9ccccc9)cc8c7c6)cccc45)n3)cc2)cc1. The molecular weight excluding hydrogens is 703 g/mol. The van der Waals surface area contributed by atoms with Crippen LogP contribution in [0, 0.1) is 0 Å². The average molecular weight is 734 g/mol. The van der Waals surface area contributed by atoms with E-state index in [0.29, 0.717) is 17.5 Å². The number of thiophene rings is 1. The van der Waals surface area contributed by atoms with Crippen molar-refractivity contribution in [3.8, 4) is 67.5 Å². The largest absolute Gasteiger partial charge is 0.455 e. The van der Waals surface area contributed by atoms with E-state index in [1.165, 1.54) is 31.3 Å². The van der Waals surface area contributed by atoms with Crippen molar-refractivity contribution in [3.63, 3.8) is 0 Å². The summed E-state index contributed by atoms with van der Waals surface area (Å²) in [6.45, 7) is 0. The molecule has 3 aromatic heterocycles. The summed E-state index contributed by atoms with van der Waals surface area (Å²) in [4.78, 5) is 15.2. The fourth-order valence-electron chi connectivity index (χ4n) is 7.76. The Morgan fingerprint density at radius 2 is 0.732 bits per heavy atom. The van der Waals surface area contributed by atoms with Crippen LogP contribution in [0.2, 0.25) is 0 Å². The molecule has 4 nitrogen and oxygen atoms in total. The van der Waals surface area contributed by atoms with Crippen LogP contribution in [0.5, 0.6) is 0 Å². The number of aromatic nitrogens is 3. The number of hydrogen-bond acceptors (Lipinski definition) is 5. The Bertz CT molecular complexity index is 3230. The van der Waals surface area contributed by atoms with Gasteiger partial charge in [0, 0.05) is 47.6 Å². The first-order valence-corrected chi connectivity index (χ1v) is 19.5. The highest BCUT2D eigenvalue weighted by atomic mass is 32.1. The summed E-state index contributed by atoms with van der Waals surface area (Å²) in [5.74, 6) is 1.78. The molecule has 8 aromatic carbocycles. The van der Waals surface area contributed by atoms with Gasteiger partial charge in [-0.25, -0.2) is 15.0 Å². The van der Waals surface area contributed by atoms with E-state index in [9.17, 15) is 0 Å². The van der Waals surface area contributed by atoms with Crippen LogP contribution in [0.25, 0.3) is 110 Å². The molecular formula is C51H31N3OS. The van der Waals surface area contributed by atoms with Gasteiger partial charge in [0.05, 0.1) is 5.56 Å². The smallest absolute Gasteiger partial charge is 0.167 e. The van der Waals surface area contributed by atoms with Crippen molar-refractivity contribution < 1.29 is 4.42 Å². The Labute approximate surface area is 327 Å². The molecule has 0 amide bonds. The molecule has 0 atom stereocenters. The molecule has 0 aliphatic carbocycles. The van der Waals surface area contributed by atoms with Crippen LogP contribution >= 0.6 is 11.3 Å². The van der Waals surface area contributed by atoms with Gasteiger partial charge in [-0.2, -0.15) is 0 Å². The summed E-state index contributed by atoms with van der Waals surface area (Å²) in [6.07, 6.45) is 0. The van der Waals surface area contributed by atoms with E-state index in [4.69, 9.17) is 19.4 Å². The number of fused-ring (bicyclic) bond motifs is 6. The molecule has 5 heteroatoms. The lowest BCUT2D eigenvalue weighted by Gasteiger charge is -2.09. The lowest BCUT2D eigenvalue weighted by atomic mass is 9.99. The Kier molecular flexibility index (Phi) is 7.64. The van der Waals surface area contributed by atoms with Crippen molar-refractivity contribution in [2.45, 2.75) is 0 Å². The van der Waals surface area contributed by atoms with E-state index in [0.717, 1.165) is 60.9 Å². The molecule has 0 aliphatic rings. The molecule has 0 N–H and O–H groups in total. The lowest BCUT2D eigenvalue weighted by molar-refractivity contribution is 0.670. The maximum absolute atomic E-state index is 6.94. The third-order valence-corrected chi connectivity index (χ3v) is 11.7.